The van der Waals surface area contributed by atoms with Crippen molar-refractivity contribution < 1.29 is 8.78 Å². The van der Waals surface area contributed by atoms with Crippen LogP contribution in [0.1, 0.15) is 0 Å². The fraction of sp³-hybridized carbons (Fsp3) is 0.667. The van der Waals surface area contributed by atoms with E-state index in [9.17, 15) is 8.78 Å². The fourth-order valence-electron chi connectivity index (χ4n) is 1.59. The van der Waals surface area contributed by atoms with Crippen molar-refractivity contribution >= 4 is 28.2 Å². The average Bonchev–Trinajstić information content (AvgIpc) is 2.75. The molecule has 16 heavy (non-hydrogen) atoms. The molecular weight excluding hydrogens is 252 g/mol. The summed E-state index contributed by atoms with van der Waals surface area (Å²) in [6.07, 6.45) is -0.905. The quantitative estimate of drug-likeness (QED) is 0.843. The van der Waals surface area contributed by atoms with Gasteiger partial charge in [0.05, 0.1) is 10.4 Å². The third-order valence-corrected chi connectivity index (χ3v) is 4.41. The number of nitrogens with two attached hydrogens (primary N) is 1. The van der Waals surface area contributed by atoms with Crippen LogP contribution in [0, 0.1) is 0 Å². The van der Waals surface area contributed by atoms with E-state index in [2.05, 4.69) is 4.98 Å². The molecule has 90 valence electrons. The monoisotopic (exact) mass is 265 g/mol. The van der Waals surface area contributed by atoms with Gasteiger partial charge in [0, 0.05) is 25.4 Å². The van der Waals surface area contributed by atoms with Gasteiger partial charge >= 0.3 is 0 Å². The third-order valence-electron chi connectivity index (χ3n) is 2.41. The first-order chi connectivity index (χ1) is 7.65. The molecule has 0 spiro atoms. The summed E-state index contributed by atoms with van der Waals surface area (Å²) in [5.74, 6) is 0.807. The number of aromatic nitrogens is 1. The van der Waals surface area contributed by atoms with E-state index in [1.54, 1.807) is 18.0 Å². The van der Waals surface area contributed by atoms with Crippen LogP contribution in [0.2, 0.25) is 0 Å². The Morgan fingerprint density at radius 2 is 2.19 bits per heavy atom. The Balaban J connectivity index is 1.69. The Kier molecular flexibility index (Phi) is 3.99. The fourth-order valence-corrected chi connectivity index (χ4v) is 3.43. The van der Waals surface area contributed by atoms with Crippen molar-refractivity contribution in [2.24, 2.45) is 0 Å². The first-order valence-corrected chi connectivity index (χ1v) is 6.80. The topological polar surface area (TPSA) is 42.1 Å². The van der Waals surface area contributed by atoms with E-state index in [-0.39, 0.29) is 13.1 Å². The van der Waals surface area contributed by atoms with Crippen LogP contribution in [-0.2, 0) is 0 Å². The zero-order valence-electron chi connectivity index (χ0n) is 8.60. The zero-order valence-corrected chi connectivity index (χ0v) is 10.2. The summed E-state index contributed by atoms with van der Waals surface area (Å²) in [7, 11) is 0. The van der Waals surface area contributed by atoms with Gasteiger partial charge in [-0.1, -0.05) is 11.3 Å². The van der Waals surface area contributed by atoms with Gasteiger partial charge in [0.25, 0.3) is 0 Å². The van der Waals surface area contributed by atoms with Gasteiger partial charge < -0.3 is 5.73 Å². The van der Waals surface area contributed by atoms with Gasteiger partial charge in [0.15, 0.2) is 5.13 Å². The molecule has 1 aromatic rings. The van der Waals surface area contributed by atoms with Crippen LogP contribution in [-0.4, -0.2) is 47.6 Å². The highest BCUT2D eigenvalue weighted by atomic mass is 32.2. The SMILES string of the molecule is Nc1ncc(SCCN2C[C@@H](F)[C@@H](F)C2)s1. The van der Waals surface area contributed by atoms with Crippen LogP contribution < -0.4 is 5.73 Å². The summed E-state index contributed by atoms with van der Waals surface area (Å²) >= 11 is 3.05. The molecule has 3 nitrogen and oxygen atoms in total. The number of halogens is 2. The van der Waals surface area contributed by atoms with Crippen LogP contribution in [0.3, 0.4) is 0 Å². The van der Waals surface area contributed by atoms with Gasteiger partial charge in [-0.2, -0.15) is 0 Å². The van der Waals surface area contributed by atoms with E-state index in [1.165, 1.54) is 11.3 Å². The van der Waals surface area contributed by atoms with Crippen LogP contribution in [0.15, 0.2) is 10.4 Å². The van der Waals surface area contributed by atoms with Crippen LogP contribution in [0.25, 0.3) is 0 Å². The molecule has 0 saturated carbocycles. The number of thiazole rings is 1. The molecule has 0 aliphatic carbocycles. The van der Waals surface area contributed by atoms with Crippen molar-refractivity contribution in [1.82, 2.24) is 9.88 Å². The molecule has 1 aliphatic rings. The molecule has 1 aliphatic heterocycles. The Morgan fingerprint density at radius 1 is 1.50 bits per heavy atom. The van der Waals surface area contributed by atoms with Gasteiger partial charge in [-0.15, -0.1) is 11.8 Å². The first kappa shape index (κ1) is 12.1. The van der Waals surface area contributed by atoms with Crippen molar-refractivity contribution in [3.8, 4) is 0 Å². The van der Waals surface area contributed by atoms with Crippen molar-refractivity contribution in [2.45, 2.75) is 16.6 Å². The van der Waals surface area contributed by atoms with Crippen molar-refractivity contribution in [2.75, 3.05) is 31.1 Å². The van der Waals surface area contributed by atoms with E-state index >= 15 is 0 Å². The second-order valence-electron chi connectivity index (χ2n) is 3.66. The number of nitrogens with zero attached hydrogens (tertiary/aromatic N) is 2. The zero-order chi connectivity index (χ0) is 11.5. The van der Waals surface area contributed by atoms with Crippen LogP contribution >= 0.6 is 23.1 Å². The molecule has 0 bridgehead atoms. The summed E-state index contributed by atoms with van der Waals surface area (Å²) in [4.78, 5) is 5.75. The van der Waals surface area contributed by atoms with Gasteiger partial charge in [-0.3, -0.25) is 4.90 Å². The number of thioether (sulfide) groups is 1. The van der Waals surface area contributed by atoms with Crippen molar-refractivity contribution in [3.63, 3.8) is 0 Å². The summed E-state index contributed by atoms with van der Waals surface area (Å²) in [5.41, 5.74) is 5.49. The first-order valence-electron chi connectivity index (χ1n) is 5.00. The van der Waals surface area contributed by atoms with E-state index in [0.29, 0.717) is 11.7 Å². The smallest absolute Gasteiger partial charge is 0.181 e. The minimum Gasteiger partial charge on any atom is -0.375 e. The van der Waals surface area contributed by atoms with Gasteiger partial charge in [0.2, 0.25) is 0 Å². The van der Waals surface area contributed by atoms with E-state index < -0.39 is 12.3 Å². The number of hydrogen-bond acceptors (Lipinski definition) is 5. The normalized spacial score (nSPS) is 26.4. The second-order valence-corrected chi connectivity index (χ2v) is 6.11. The van der Waals surface area contributed by atoms with Crippen molar-refractivity contribution in [1.29, 1.82) is 0 Å². The lowest BCUT2D eigenvalue weighted by molar-refractivity contribution is 0.217. The van der Waals surface area contributed by atoms with Crippen LogP contribution in [0.4, 0.5) is 13.9 Å². The Morgan fingerprint density at radius 3 is 2.75 bits per heavy atom. The summed E-state index contributed by atoms with van der Waals surface area (Å²) in [6.45, 7) is 1.13. The van der Waals surface area contributed by atoms with E-state index in [4.69, 9.17) is 5.73 Å². The average molecular weight is 265 g/mol. The minimum atomic E-state index is -1.32. The maximum atomic E-state index is 12.9. The lowest BCUT2D eigenvalue weighted by atomic mass is 10.3. The molecule has 0 amide bonds. The molecule has 2 atom stereocenters. The summed E-state index contributed by atoms with van der Waals surface area (Å²) in [5, 5.41) is 0.552. The minimum absolute atomic E-state index is 0.215. The lowest BCUT2D eigenvalue weighted by Crippen LogP contribution is -2.23. The van der Waals surface area contributed by atoms with Crippen molar-refractivity contribution in [3.05, 3.63) is 6.20 Å². The number of anilines is 1. The number of alkyl halides is 2. The van der Waals surface area contributed by atoms with E-state index in [1.807, 2.05) is 4.90 Å². The van der Waals surface area contributed by atoms with Gasteiger partial charge in [0.1, 0.15) is 12.3 Å². The van der Waals surface area contributed by atoms with Gasteiger partial charge in [-0.05, 0) is 0 Å². The molecule has 1 saturated heterocycles. The largest absolute Gasteiger partial charge is 0.375 e. The lowest BCUT2D eigenvalue weighted by Gasteiger charge is -2.12. The molecule has 0 aromatic carbocycles. The molecule has 0 unspecified atom stereocenters. The predicted molar refractivity (Wildman–Crippen MR) is 63.5 cm³/mol. The maximum absolute atomic E-state index is 12.9. The van der Waals surface area contributed by atoms with E-state index in [0.717, 1.165) is 9.96 Å². The number of nitrogen functional groups attached to an aromatic ring is 1. The number of hydrogen-bond donors (Lipinski definition) is 1. The highest BCUT2D eigenvalue weighted by Crippen LogP contribution is 2.26. The summed E-state index contributed by atoms with van der Waals surface area (Å²) < 4.78 is 26.8. The third kappa shape index (κ3) is 3.05. The molecule has 1 aromatic heterocycles. The highest BCUT2D eigenvalue weighted by molar-refractivity contribution is 8.01. The maximum Gasteiger partial charge on any atom is 0.181 e. The number of likely N-dealkylation sites (tertiary alicyclic amines) is 1. The standard InChI is InChI=1S/C9H13F2N3S2/c10-6-4-14(5-7(6)11)1-2-15-8-3-13-9(12)16-8/h3,6-7H,1-2,4-5H2,(H2,12,13)/t6-,7+. The molecule has 2 rings (SSSR count). The van der Waals surface area contributed by atoms with Crippen LogP contribution in [0.5, 0.6) is 0 Å². The second kappa shape index (κ2) is 5.29. The van der Waals surface area contributed by atoms with Gasteiger partial charge in [-0.25, -0.2) is 13.8 Å². The number of rotatable bonds is 4. The Hall–Kier alpha value is -0.400. The molecule has 7 heteroatoms. The highest BCUT2D eigenvalue weighted by Gasteiger charge is 2.32. The molecule has 2 N–H and O–H groups in total. The Bertz CT molecular complexity index is 337. The molecular formula is C9H13F2N3S2. The molecule has 1 fully saturated rings. The summed E-state index contributed by atoms with van der Waals surface area (Å²) in [6, 6.07) is 0. The molecule has 2 heterocycles. The molecule has 0 radical (unpaired) electrons. The predicted octanol–water partition coefficient (Wildman–Crippen LogP) is 1.81. The Labute approximate surface area is 101 Å².